The zero-order valence-corrected chi connectivity index (χ0v) is 38.1. The van der Waals surface area contributed by atoms with Crippen LogP contribution in [0, 0.1) is 11.8 Å². The fraction of sp³-hybridized carbons (Fsp3) is 0.826. The number of phosphoric ester groups is 1. The van der Waals surface area contributed by atoms with Crippen molar-refractivity contribution in [3.8, 4) is 0 Å². The summed E-state index contributed by atoms with van der Waals surface area (Å²) in [7, 11) is 1.22. The lowest BCUT2D eigenvalue weighted by Gasteiger charge is -2.28. The van der Waals surface area contributed by atoms with Gasteiger partial charge in [0.05, 0.1) is 46.2 Å². The van der Waals surface area contributed by atoms with E-state index in [0.717, 1.165) is 64.2 Å². The van der Waals surface area contributed by atoms with Crippen LogP contribution in [-0.2, 0) is 32.7 Å². The Hall–Kier alpha value is -1.85. The SMILES string of the molecule is CCCCCCCC/C=C\CCCCCC/C=C/O[C@H](COC(=O)CCCCCC[C@H]1C(=O)C[C@@H](O)[C@@H]1/C=C/[C@@H](O)CCCCC)COP(=O)([O-])OCC[N+](C)(C)C. The van der Waals surface area contributed by atoms with Gasteiger partial charge in [0, 0.05) is 24.7 Å². The zero-order chi connectivity index (χ0) is 42.9. The number of allylic oxidation sites excluding steroid dienone is 3. The van der Waals surface area contributed by atoms with Crippen LogP contribution in [0.2, 0.25) is 0 Å². The highest BCUT2D eigenvalue weighted by Gasteiger charge is 2.39. The van der Waals surface area contributed by atoms with Crippen molar-refractivity contribution in [2.45, 2.75) is 186 Å². The third kappa shape index (κ3) is 30.2. The molecule has 0 aromatic heterocycles. The molecule has 1 unspecified atom stereocenters. The summed E-state index contributed by atoms with van der Waals surface area (Å²) in [6.45, 7) is 4.32. The number of unbranched alkanes of at least 4 members (excludes halogenated alkanes) is 16. The highest BCUT2D eigenvalue weighted by atomic mass is 31.2. The first-order valence-electron chi connectivity index (χ1n) is 22.9. The van der Waals surface area contributed by atoms with Crippen LogP contribution in [0.3, 0.4) is 0 Å². The van der Waals surface area contributed by atoms with E-state index in [4.69, 9.17) is 18.5 Å². The van der Waals surface area contributed by atoms with Crippen LogP contribution >= 0.6 is 7.82 Å². The number of aliphatic hydroxyl groups is 2. The molecule has 0 aliphatic heterocycles. The van der Waals surface area contributed by atoms with Gasteiger partial charge >= 0.3 is 5.97 Å². The summed E-state index contributed by atoms with van der Waals surface area (Å²) in [5, 5.41) is 20.7. The van der Waals surface area contributed by atoms with E-state index in [1.54, 1.807) is 6.08 Å². The van der Waals surface area contributed by atoms with Crippen molar-refractivity contribution in [3.05, 3.63) is 36.6 Å². The van der Waals surface area contributed by atoms with E-state index in [9.17, 15) is 29.3 Å². The lowest BCUT2D eigenvalue weighted by atomic mass is 9.88. The topological polar surface area (TPSA) is 152 Å². The van der Waals surface area contributed by atoms with Crippen molar-refractivity contribution in [3.63, 3.8) is 0 Å². The molecule has 0 bridgehead atoms. The van der Waals surface area contributed by atoms with Gasteiger partial charge < -0.3 is 38.1 Å². The number of rotatable bonds is 38. The van der Waals surface area contributed by atoms with Gasteiger partial charge in [-0.2, -0.15) is 0 Å². The highest BCUT2D eigenvalue weighted by molar-refractivity contribution is 7.45. The molecular weight excluding hydrogens is 757 g/mol. The summed E-state index contributed by atoms with van der Waals surface area (Å²) in [4.78, 5) is 37.6. The number of ketones is 1. The first kappa shape index (κ1) is 54.2. The van der Waals surface area contributed by atoms with Crippen LogP contribution in [0.25, 0.3) is 0 Å². The second kappa shape index (κ2) is 33.8. The van der Waals surface area contributed by atoms with E-state index in [2.05, 4.69) is 26.0 Å². The van der Waals surface area contributed by atoms with E-state index in [1.165, 1.54) is 64.0 Å². The molecule has 0 aromatic carbocycles. The Labute approximate surface area is 353 Å². The highest BCUT2D eigenvalue weighted by Crippen LogP contribution is 2.38. The number of ether oxygens (including phenoxy) is 2. The lowest BCUT2D eigenvalue weighted by molar-refractivity contribution is -0.870. The summed E-state index contributed by atoms with van der Waals surface area (Å²) < 4.78 is 34.3. The molecule has 0 amide bonds. The summed E-state index contributed by atoms with van der Waals surface area (Å²) in [5.74, 6) is -0.865. The van der Waals surface area contributed by atoms with Crippen LogP contribution < -0.4 is 4.89 Å². The average Bonchev–Trinajstić information content (AvgIpc) is 3.44. The molecule has 1 fully saturated rings. The van der Waals surface area contributed by atoms with Crippen molar-refractivity contribution in [2.75, 3.05) is 47.5 Å². The van der Waals surface area contributed by atoms with Crippen LogP contribution in [-0.4, -0.2) is 92.3 Å². The van der Waals surface area contributed by atoms with Gasteiger partial charge in [-0.05, 0) is 63.9 Å². The molecule has 0 radical (unpaired) electrons. The van der Waals surface area contributed by atoms with Crippen molar-refractivity contribution >= 4 is 19.6 Å². The van der Waals surface area contributed by atoms with Crippen LogP contribution in [0.5, 0.6) is 0 Å². The molecule has 58 heavy (non-hydrogen) atoms. The van der Waals surface area contributed by atoms with E-state index >= 15 is 0 Å². The Kier molecular flexibility index (Phi) is 31.6. The van der Waals surface area contributed by atoms with Gasteiger partial charge in [0.25, 0.3) is 7.82 Å². The molecule has 1 aliphatic carbocycles. The van der Waals surface area contributed by atoms with E-state index in [1.807, 2.05) is 33.3 Å². The summed E-state index contributed by atoms with van der Waals surface area (Å²) in [6.07, 6.45) is 33.0. The zero-order valence-electron chi connectivity index (χ0n) is 37.2. The van der Waals surface area contributed by atoms with Gasteiger partial charge in [-0.25, -0.2) is 0 Å². The van der Waals surface area contributed by atoms with Crippen molar-refractivity contribution in [1.29, 1.82) is 0 Å². The quantitative estimate of drug-likeness (QED) is 0.0154. The van der Waals surface area contributed by atoms with Crippen molar-refractivity contribution in [2.24, 2.45) is 11.8 Å². The molecule has 6 atom stereocenters. The number of quaternary nitrogens is 1. The Morgan fingerprint density at radius 1 is 0.828 bits per heavy atom. The Morgan fingerprint density at radius 2 is 1.41 bits per heavy atom. The smallest absolute Gasteiger partial charge is 0.305 e. The van der Waals surface area contributed by atoms with E-state index in [0.29, 0.717) is 30.3 Å². The fourth-order valence-electron chi connectivity index (χ4n) is 6.95. The first-order valence-corrected chi connectivity index (χ1v) is 24.3. The molecule has 338 valence electrons. The number of esters is 1. The largest absolute Gasteiger partial charge is 0.756 e. The second-order valence-corrected chi connectivity index (χ2v) is 18.7. The number of Topliss-reactive ketones (excluding diaryl/α,β-unsaturated/α-hetero) is 1. The number of aliphatic hydroxyl groups excluding tert-OH is 2. The Bertz CT molecular complexity index is 1190. The molecule has 0 spiro atoms. The minimum atomic E-state index is -4.58. The number of phosphoric acid groups is 1. The van der Waals surface area contributed by atoms with Gasteiger partial charge in [-0.3, -0.25) is 14.2 Å². The minimum absolute atomic E-state index is 0.0138. The molecule has 1 rings (SSSR count). The monoisotopic (exact) mass is 842 g/mol. The molecule has 0 saturated heterocycles. The minimum Gasteiger partial charge on any atom is -0.756 e. The Balaban J connectivity index is 2.43. The van der Waals surface area contributed by atoms with E-state index in [-0.39, 0.29) is 50.3 Å². The standard InChI is InChI=1S/C46H84NO10P/c1-6-8-10-11-12-13-14-15-16-17-18-19-20-21-24-28-35-54-41(39-57-58(52,53)56-36-34-47(3,4)5)38-55-46(51)31-27-23-22-26-30-42-43(45(50)37-44(42)49)33-32-40(48)29-25-9-7-2/h15-16,28,32-33,35,40-43,45,48,50H,6-14,17-27,29-31,34,36-39H2,1-5H3/b16-15-,33-32+,35-28+/t40-,41+,42+,43+,45+/m0/s1. The number of hydrogen-bond acceptors (Lipinski definition) is 10. The van der Waals surface area contributed by atoms with Gasteiger partial charge in [0.1, 0.15) is 25.5 Å². The van der Waals surface area contributed by atoms with Crippen molar-refractivity contribution in [1.82, 2.24) is 0 Å². The lowest BCUT2D eigenvalue weighted by Crippen LogP contribution is -2.37. The third-order valence-corrected chi connectivity index (χ3v) is 11.6. The Morgan fingerprint density at radius 3 is 2.07 bits per heavy atom. The normalized spacial score (nSPS) is 19.7. The maximum Gasteiger partial charge on any atom is 0.305 e. The molecule has 1 aliphatic rings. The van der Waals surface area contributed by atoms with Crippen LogP contribution in [0.4, 0.5) is 0 Å². The molecule has 11 nitrogen and oxygen atoms in total. The second-order valence-electron chi connectivity index (χ2n) is 17.2. The van der Waals surface area contributed by atoms with E-state index < -0.39 is 32.1 Å². The molecule has 0 heterocycles. The summed E-state index contributed by atoms with van der Waals surface area (Å²) in [5.41, 5.74) is 0. The number of carbonyl (C=O) groups excluding carboxylic acids is 2. The molecule has 0 aromatic rings. The number of carbonyl (C=O) groups is 2. The maximum atomic E-state index is 12.6. The molecule has 1 saturated carbocycles. The van der Waals surface area contributed by atoms with Crippen molar-refractivity contribution < 1.29 is 52.3 Å². The maximum absolute atomic E-state index is 12.6. The fourth-order valence-corrected chi connectivity index (χ4v) is 7.68. The first-order chi connectivity index (χ1) is 27.8. The van der Waals surface area contributed by atoms with Gasteiger partial charge in [0.15, 0.2) is 6.10 Å². The summed E-state index contributed by atoms with van der Waals surface area (Å²) >= 11 is 0. The third-order valence-electron chi connectivity index (χ3n) is 10.6. The number of nitrogens with zero attached hydrogens (tertiary/aromatic N) is 1. The van der Waals surface area contributed by atoms with Gasteiger partial charge in [0.2, 0.25) is 0 Å². The van der Waals surface area contributed by atoms with Gasteiger partial charge in [-0.1, -0.05) is 122 Å². The predicted octanol–water partition coefficient (Wildman–Crippen LogP) is 9.69. The summed E-state index contributed by atoms with van der Waals surface area (Å²) in [6, 6.07) is 0. The van der Waals surface area contributed by atoms with Crippen LogP contribution in [0.1, 0.15) is 168 Å². The number of likely N-dealkylation sites (N-methyl/N-ethyl adjacent to an activating group) is 1. The van der Waals surface area contributed by atoms with Crippen LogP contribution in [0.15, 0.2) is 36.6 Å². The average molecular weight is 842 g/mol. The molecular formula is C46H84NO10P. The number of hydrogen-bond donors (Lipinski definition) is 2. The van der Waals surface area contributed by atoms with Gasteiger partial charge in [-0.15, -0.1) is 0 Å². The predicted molar refractivity (Wildman–Crippen MR) is 232 cm³/mol. The molecule has 12 heteroatoms. The molecule has 2 N–H and O–H groups in total.